The molecule has 170 valence electrons. The van der Waals surface area contributed by atoms with Crippen molar-refractivity contribution in [3.05, 3.63) is 70.5 Å². The summed E-state index contributed by atoms with van der Waals surface area (Å²) in [5, 5.41) is 7.77. The molecule has 2 amide bonds. The van der Waals surface area contributed by atoms with Crippen LogP contribution in [0, 0.1) is 20.8 Å². The Labute approximate surface area is 190 Å². The van der Waals surface area contributed by atoms with E-state index in [2.05, 4.69) is 10.4 Å². The number of aromatic nitrogens is 2. The van der Waals surface area contributed by atoms with Crippen LogP contribution in [-0.2, 0) is 6.54 Å². The first-order valence-electron chi connectivity index (χ1n) is 10.6. The molecule has 1 N–H and O–H groups in total. The molecule has 7 nitrogen and oxygen atoms in total. The lowest BCUT2D eigenvalue weighted by molar-refractivity contribution is 0.203. The van der Waals surface area contributed by atoms with Crippen LogP contribution in [0.1, 0.15) is 41.0 Å². The van der Waals surface area contributed by atoms with Crippen LogP contribution in [0.4, 0.5) is 4.79 Å². The van der Waals surface area contributed by atoms with Gasteiger partial charge in [-0.05, 0) is 63.1 Å². The molecule has 0 aliphatic heterocycles. The molecule has 0 fully saturated rings. The maximum Gasteiger partial charge on any atom is 0.317 e. The number of urea groups is 1. The number of ether oxygens (including phenoxy) is 2. The lowest BCUT2D eigenvalue weighted by Gasteiger charge is -2.23. The first-order valence-corrected chi connectivity index (χ1v) is 10.6. The fourth-order valence-electron chi connectivity index (χ4n) is 3.87. The molecule has 0 aliphatic carbocycles. The molecule has 32 heavy (non-hydrogen) atoms. The van der Waals surface area contributed by atoms with Gasteiger partial charge in [0, 0.05) is 18.3 Å². The van der Waals surface area contributed by atoms with Crippen LogP contribution < -0.4 is 14.8 Å². The second kappa shape index (κ2) is 9.77. The summed E-state index contributed by atoms with van der Waals surface area (Å²) in [7, 11) is 5.01. The van der Waals surface area contributed by atoms with Gasteiger partial charge in [0.15, 0.2) is 11.5 Å². The van der Waals surface area contributed by atoms with Crippen LogP contribution in [0.2, 0.25) is 0 Å². The zero-order valence-corrected chi connectivity index (χ0v) is 19.9. The molecule has 0 aliphatic rings. The quantitative estimate of drug-likeness (QED) is 0.582. The number of para-hydroxylation sites is 1. The molecule has 1 aromatic heterocycles. The Morgan fingerprint density at radius 3 is 2.34 bits per heavy atom. The number of carbonyl (C=O) groups is 1. The third-order valence-corrected chi connectivity index (χ3v) is 5.76. The molecule has 0 saturated heterocycles. The van der Waals surface area contributed by atoms with Gasteiger partial charge in [0.05, 0.1) is 38.2 Å². The van der Waals surface area contributed by atoms with Gasteiger partial charge in [-0.15, -0.1) is 0 Å². The van der Waals surface area contributed by atoms with E-state index < -0.39 is 0 Å². The zero-order chi connectivity index (χ0) is 23.4. The number of carbonyl (C=O) groups excluding carboxylic acids is 1. The number of nitrogens with zero attached hydrogens (tertiary/aromatic N) is 3. The minimum absolute atomic E-state index is 0.155. The summed E-state index contributed by atoms with van der Waals surface area (Å²) < 4.78 is 12.7. The van der Waals surface area contributed by atoms with Crippen LogP contribution in [0.25, 0.3) is 5.69 Å². The summed E-state index contributed by atoms with van der Waals surface area (Å²) in [6, 6.07) is 13.5. The zero-order valence-electron chi connectivity index (χ0n) is 19.9. The number of benzene rings is 2. The molecule has 1 heterocycles. The molecule has 0 spiro atoms. The number of amides is 2. The maximum atomic E-state index is 13.0. The largest absolute Gasteiger partial charge is 0.493 e. The van der Waals surface area contributed by atoms with E-state index in [0.717, 1.165) is 33.8 Å². The van der Waals surface area contributed by atoms with E-state index in [1.807, 2.05) is 74.8 Å². The Morgan fingerprint density at radius 2 is 1.72 bits per heavy atom. The molecule has 0 radical (unpaired) electrons. The molecule has 0 bridgehead atoms. The third kappa shape index (κ3) is 4.72. The van der Waals surface area contributed by atoms with Crippen molar-refractivity contribution in [3.8, 4) is 17.2 Å². The van der Waals surface area contributed by atoms with Crippen molar-refractivity contribution in [1.82, 2.24) is 20.0 Å². The van der Waals surface area contributed by atoms with Gasteiger partial charge < -0.3 is 19.7 Å². The van der Waals surface area contributed by atoms with Crippen molar-refractivity contribution < 1.29 is 14.3 Å². The first-order chi connectivity index (χ1) is 15.3. The minimum atomic E-state index is -0.195. The molecule has 1 unspecified atom stereocenters. The van der Waals surface area contributed by atoms with Gasteiger partial charge in [-0.1, -0.05) is 18.2 Å². The van der Waals surface area contributed by atoms with Crippen LogP contribution in [0.3, 0.4) is 0 Å². The fourth-order valence-corrected chi connectivity index (χ4v) is 3.87. The average Bonchev–Trinajstić information content (AvgIpc) is 3.07. The first kappa shape index (κ1) is 23.2. The number of aryl methyl sites for hydroxylation is 2. The number of nitrogens with one attached hydrogen (secondary N) is 1. The summed E-state index contributed by atoms with van der Waals surface area (Å²) in [6.07, 6.45) is 0. The number of hydrogen-bond acceptors (Lipinski definition) is 4. The van der Waals surface area contributed by atoms with Gasteiger partial charge in [-0.3, -0.25) is 0 Å². The predicted octanol–water partition coefficient (Wildman–Crippen LogP) is 4.72. The third-order valence-electron chi connectivity index (χ3n) is 5.76. The van der Waals surface area contributed by atoms with Gasteiger partial charge in [0.1, 0.15) is 0 Å². The van der Waals surface area contributed by atoms with E-state index in [1.54, 1.807) is 26.2 Å². The van der Waals surface area contributed by atoms with Gasteiger partial charge in [-0.25, -0.2) is 9.48 Å². The standard InChI is InChI=1S/C25H32N4O3/c1-16-13-23(31-6)24(32-7)14-21(16)17(2)26-25(30)28(5)15-22-18(3)27-29(19(22)4)20-11-9-8-10-12-20/h8-14,17H,15H2,1-7H3,(H,26,30). The molecule has 2 aromatic carbocycles. The normalized spacial score (nSPS) is 11.7. The predicted molar refractivity (Wildman–Crippen MR) is 126 cm³/mol. The van der Waals surface area contributed by atoms with E-state index >= 15 is 0 Å². The summed E-state index contributed by atoms with van der Waals surface area (Å²) in [4.78, 5) is 14.6. The van der Waals surface area contributed by atoms with Crippen molar-refractivity contribution >= 4 is 6.03 Å². The van der Waals surface area contributed by atoms with Gasteiger partial charge >= 0.3 is 6.03 Å². The Kier molecular flexibility index (Phi) is 7.08. The molecule has 1 atom stereocenters. The van der Waals surface area contributed by atoms with E-state index in [0.29, 0.717) is 18.0 Å². The maximum absolute atomic E-state index is 13.0. The molecular formula is C25H32N4O3. The van der Waals surface area contributed by atoms with E-state index in [4.69, 9.17) is 9.47 Å². The van der Waals surface area contributed by atoms with Crippen molar-refractivity contribution in [2.75, 3.05) is 21.3 Å². The monoisotopic (exact) mass is 436 g/mol. The highest BCUT2D eigenvalue weighted by atomic mass is 16.5. The van der Waals surface area contributed by atoms with Gasteiger partial charge in [0.25, 0.3) is 0 Å². The SMILES string of the molecule is COc1cc(C)c(C(C)NC(=O)N(C)Cc2c(C)nn(-c3ccccc3)c2C)cc1OC. The Morgan fingerprint density at radius 1 is 1.09 bits per heavy atom. The molecular weight excluding hydrogens is 404 g/mol. The van der Waals surface area contributed by atoms with Crippen molar-refractivity contribution in [2.45, 2.75) is 40.3 Å². The van der Waals surface area contributed by atoms with Crippen molar-refractivity contribution in [3.63, 3.8) is 0 Å². The highest BCUT2D eigenvalue weighted by Gasteiger charge is 2.20. The molecule has 3 aromatic rings. The molecule has 7 heteroatoms. The second-order valence-corrected chi connectivity index (χ2v) is 7.99. The van der Waals surface area contributed by atoms with Crippen LogP contribution >= 0.6 is 0 Å². The van der Waals surface area contributed by atoms with Crippen LogP contribution in [-0.4, -0.2) is 42.0 Å². The topological polar surface area (TPSA) is 68.6 Å². The number of rotatable bonds is 7. The lowest BCUT2D eigenvalue weighted by Crippen LogP contribution is -2.38. The van der Waals surface area contributed by atoms with Gasteiger partial charge in [0.2, 0.25) is 0 Å². The number of hydrogen-bond donors (Lipinski definition) is 1. The Balaban J connectivity index is 1.74. The highest BCUT2D eigenvalue weighted by Crippen LogP contribution is 2.33. The van der Waals surface area contributed by atoms with Crippen LogP contribution in [0.5, 0.6) is 11.5 Å². The Hall–Kier alpha value is -3.48. The lowest BCUT2D eigenvalue weighted by atomic mass is 10.0. The van der Waals surface area contributed by atoms with E-state index in [1.165, 1.54) is 0 Å². The Bertz CT molecular complexity index is 1090. The van der Waals surface area contributed by atoms with Crippen molar-refractivity contribution in [2.24, 2.45) is 0 Å². The van der Waals surface area contributed by atoms with E-state index in [9.17, 15) is 4.79 Å². The molecule has 3 rings (SSSR count). The van der Waals surface area contributed by atoms with E-state index in [-0.39, 0.29) is 12.1 Å². The summed E-state index contributed by atoms with van der Waals surface area (Å²) >= 11 is 0. The minimum Gasteiger partial charge on any atom is -0.493 e. The molecule has 0 saturated carbocycles. The van der Waals surface area contributed by atoms with Gasteiger partial charge in [-0.2, -0.15) is 5.10 Å². The summed E-state index contributed by atoms with van der Waals surface area (Å²) in [5.74, 6) is 1.31. The number of methoxy groups -OCH3 is 2. The smallest absolute Gasteiger partial charge is 0.317 e. The summed E-state index contributed by atoms with van der Waals surface area (Å²) in [5.41, 5.74) is 5.99. The van der Waals surface area contributed by atoms with Crippen molar-refractivity contribution in [1.29, 1.82) is 0 Å². The second-order valence-electron chi connectivity index (χ2n) is 7.99. The van der Waals surface area contributed by atoms with Crippen LogP contribution in [0.15, 0.2) is 42.5 Å². The average molecular weight is 437 g/mol. The fraction of sp³-hybridized carbons (Fsp3) is 0.360. The summed E-state index contributed by atoms with van der Waals surface area (Å²) in [6.45, 7) is 8.43. The highest BCUT2D eigenvalue weighted by molar-refractivity contribution is 5.74.